The van der Waals surface area contributed by atoms with Crippen molar-refractivity contribution in [1.29, 1.82) is 0 Å². The molecule has 0 aliphatic carbocycles. The predicted molar refractivity (Wildman–Crippen MR) is 81.4 cm³/mol. The molecule has 0 aromatic carbocycles. The van der Waals surface area contributed by atoms with Crippen LogP contribution in [0.5, 0.6) is 0 Å². The lowest BCUT2D eigenvalue weighted by atomic mass is 10.0. The van der Waals surface area contributed by atoms with Crippen LogP contribution >= 0.6 is 0 Å². The molecule has 0 rings (SSSR count). The summed E-state index contributed by atoms with van der Waals surface area (Å²) in [7, 11) is 0. The second-order valence-electron chi connectivity index (χ2n) is 4.61. The lowest BCUT2D eigenvalue weighted by molar-refractivity contribution is -0.119. The Labute approximate surface area is 117 Å². The molecule has 0 aliphatic heterocycles. The molecule has 5 nitrogen and oxygen atoms in total. The highest BCUT2D eigenvalue weighted by Crippen LogP contribution is 2.04. The summed E-state index contributed by atoms with van der Waals surface area (Å²) >= 11 is 0. The maximum atomic E-state index is 11.5. The molecule has 0 fully saturated rings. The fraction of sp³-hybridized carbons (Fsp3) is 0.857. The first-order chi connectivity index (χ1) is 9.17. The largest absolute Gasteiger partial charge is 0.357 e. The second-order valence-corrected chi connectivity index (χ2v) is 4.61. The monoisotopic (exact) mass is 270 g/mol. The van der Waals surface area contributed by atoms with Crippen molar-refractivity contribution in [3.05, 3.63) is 0 Å². The molecule has 0 spiro atoms. The fourth-order valence-corrected chi connectivity index (χ4v) is 1.63. The molecular formula is C14H30N4O. The van der Waals surface area contributed by atoms with Crippen LogP contribution in [0.25, 0.3) is 0 Å². The lowest BCUT2D eigenvalue weighted by Gasteiger charge is -2.16. The second kappa shape index (κ2) is 11.8. The Hall–Kier alpha value is -1.26. The summed E-state index contributed by atoms with van der Waals surface area (Å²) in [5.41, 5.74) is 0. The minimum atomic E-state index is -0.0263. The van der Waals surface area contributed by atoms with Gasteiger partial charge in [0.05, 0.1) is 0 Å². The van der Waals surface area contributed by atoms with Crippen LogP contribution in [0.2, 0.25) is 0 Å². The molecule has 0 heterocycles. The van der Waals surface area contributed by atoms with Crippen LogP contribution in [0.4, 0.5) is 0 Å². The van der Waals surface area contributed by atoms with Crippen LogP contribution in [-0.2, 0) is 4.79 Å². The quantitative estimate of drug-likeness (QED) is 0.439. The molecule has 0 radical (unpaired) electrons. The van der Waals surface area contributed by atoms with Gasteiger partial charge >= 0.3 is 0 Å². The van der Waals surface area contributed by atoms with Crippen LogP contribution in [0, 0.1) is 5.92 Å². The molecule has 0 unspecified atom stereocenters. The third-order valence-corrected chi connectivity index (χ3v) is 3.01. The van der Waals surface area contributed by atoms with Crippen molar-refractivity contribution in [2.75, 3.05) is 26.2 Å². The highest BCUT2D eigenvalue weighted by molar-refractivity contribution is 5.84. The van der Waals surface area contributed by atoms with Gasteiger partial charge in [0.15, 0.2) is 5.96 Å². The molecule has 0 bridgehead atoms. The molecule has 1 amide bonds. The Morgan fingerprint density at radius 3 is 2.26 bits per heavy atom. The normalized spacial score (nSPS) is 11.5. The molecule has 0 aromatic heterocycles. The molecule has 3 N–H and O–H groups in total. The van der Waals surface area contributed by atoms with Gasteiger partial charge in [0.1, 0.15) is 6.54 Å². The van der Waals surface area contributed by atoms with Crippen LogP contribution in [-0.4, -0.2) is 38.0 Å². The number of nitrogens with one attached hydrogen (secondary N) is 3. The molecule has 0 atom stereocenters. The van der Waals surface area contributed by atoms with E-state index in [0.717, 1.165) is 38.3 Å². The predicted octanol–water partition coefficient (Wildman–Crippen LogP) is 1.50. The maximum Gasteiger partial charge on any atom is 0.241 e. The van der Waals surface area contributed by atoms with E-state index in [1.165, 1.54) is 0 Å². The number of carbonyl (C=O) groups excluding carboxylic acids is 1. The van der Waals surface area contributed by atoms with E-state index in [1.54, 1.807) is 0 Å². The summed E-state index contributed by atoms with van der Waals surface area (Å²) in [6, 6.07) is 0. The van der Waals surface area contributed by atoms with E-state index in [1.807, 2.05) is 13.8 Å². The number of guanidine groups is 1. The highest BCUT2D eigenvalue weighted by Gasteiger charge is 2.05. The van der Waals surface area contributed by atoms with Gasteiger partial charge in [-0.3, -0.25) is 4.79 Å². The number of amides is 1. The molecule has 112 valence electrons. The average molecular weight is 270 g/mol. The van der Waals surface area contributed by atoms with Crippen molar-refractivity contribution in [1.82, 2.24) is 16.0 Å². The van der Waals surface area contributed by atoms with Gasteiger partial charge in [-0.2, -0.15) is 0 Å². The summed E-state index contributed by atoms with van der Waals surface area (Å²) in [5.74, 6) is 1.35. The van der Waals surface area contributed by atoms with Crippen molar-refractivity contribution in [2.24, 2.45) is 10.9 Å². The summed E-state index contributed by atoms with van der Waals surface area (Å²) in [6.45, 7) is 11.0. The van der Waals surface area contributed by atoms with E-state index in [4.69, 9.17) is 0 Å². The summed E-state index contributed by atoms with van der Waals surface area (Å²) in [6.07, 6.45) is 3.25. The van der Waals surface area contributed by atoms with E-state index in [-0.39, 0.29) is 12.5 Å². The molecule has 0 saturated carbocycles. The van der Waals surface area contributed by atoms with E-state index >= 15 is 0 Å². The zero-order valence-corrected chi connectivity index (χ0v) is 12.9. The van der Waals surface area contributed by atoms with Gasteiger partial charge < -0.3 is 16.0 Å². The first-order valence-electron chi connectivity index (χ1n) is 7.46. The molecule has 0 aliphatic rings. The minimum absolute atomic E-state index is 0.0263. The van der Waals surface area contributed by atoms with Crippen LogP contribution in [0.1, 0.15) is 47.0 Å². The van der Waals surface area contributed by atoms with E-state index in [2.05, 4.69) is 34.8 Å². The number of nitrogens with zero attached hydrogens (tertiary/aromatic N) is 1. The number of aliphatic imine (C=N–C) groups is 1. The number of carbonyl (C=O) groups is 1. The van der Waals surface area contributed by atoms with Gasteiger partial charge in [-0.15, -0.1) is 0 Å². The first-order valence-corrected chi connectivity index (χ1v) is 7.46. The fourth-order valence-electron chi connectivity index (χ4n) is 1.63. The van der Waals surface area contributed by atoms with Gasteiger partial charge in [0.2, 0.25) is 5.91 Å². The highest BCUT2D eigenvalue weighted by atomic mass is 16.1. The van der Waals surface area contributed by atoms with Crippen molar-refractivity contribution in [3.63, 3.8) is 0 Å². The third kappa shape index (κ3) is 9.33. The van der Waals surface area contributed by atoms with Crippen molar-refractivity contribution >= 4 is 11.9 Å². The van der Waals surface area contributed by atoms with Gasteiger partial charge in [0, 0.05) is 19.6 Å². The topological polar surface area (TPSA) is 65.5 Å². The standard InChI is InChI=1S/C14H30N4O/c1-5-9-16-13(19)11-18-14(15-8-4)17-10-12(6-2)7-3/h12H,5-11H2,1-4H3,(H,16,19)(H2,15,17,18). The zero-order chi connectivity index (χ0) is 14.5. The summed E-state index contributed by atoms with van der Waals surface area (Å²) in [4.78, 5) is 15.8. The zero-order valence-electron chi connectivity index (χ0n) is 12.9. The van der Waals surface area contributed by atoms with Gasteiger partial charge in [-0.25, -0.2) is 4.99 Å². The van der Waals surface area contributed by atoms with Gasteiger partial charge in [0.25, 0.3) is 0 Å². The average Bonchev–Trinajstić information content (AvgIpc) is 2.43. The molecular weight excluding hydrogens is 240 g/mol. The molecule has 0 aromatic rings. The molecule has 5 heteroatoms. The van der Waals surface area contributed by atoms with Crippen LogP contribution in [0.3, 0.4) is 0 Å². The number of rotatable bonds is 9. The minimum Gasteiger partial charge on any atom is -0.357 e. The maximum absolute atomic E-state index is 11.5. The third-order valence-electron chi connectivity index (χ3n) is 3.01. The van der Waals surface area contributed by atoms with E-state index in [0.29, 0.717) is 12.5 Å². The van der Waals surface area contributed by atoms with Crippen molar-refractivity contribution in [2.45, 2.75) is 47.0 Å². The summed E-state index contributed by atoms with van der Waals surface area (Å²) in [5, 5.41) is 9.26. The Balaban J connectivity index is 4.18. The Kier molecular flexibility index (Phi) is 11.0. The lowest BCUT2D eigenvalue weighted by Crippen LogP contribution is -2.40. The molecule has 19 heavy (non-hydrogen) atoms. The van der Waals surface area contributed by atoms with Gasteiger partial charge in [-0.05, 0) is 19.3 Å². The van der Waals surface area contributed by atoms with Crippen molar-refractivity contribution < 1.29 is 4.79 Å². The Bertz CT molecular complexity index is 262. The number of hydrogen-bond acceptors (Lipinski definition) is 2. The van der Waals surface area contributed by atoms with E-state index in [9.17, 15) is 4.79 Å². The van der Waals surface area contributed by atoms with Gasteiger partial charge in [-0.1, -0.05) is 33.6 Å². The van der Waals surface area contributed by atoms with Crippen LogP contribution in [0.15, 0.2) is 4.99 Å². The Morgan fingerprint density at radius 1 is 1.05 bits per heavy atom. The Morgan fingerprint density at radius 2 is 1.74 bits per heavy atom. The van der Waals surface area contributed by atoms with Crippen molar-refractivity contribution in [3.8, 4) is 0 Å². The smallest absolute Gasteiger partial charge is 0.241 e. The number of hydrogen-bond donors (Lipinski definition) is 3. The molecule has 0 saturated heterocycles. The summed E-state index contributed by atoms with van der Waals surface area (Å²) < 4.78 is 0. The van der Waals surface area contributed by atoms with Crippen LogP contribution < -0.4 is 16.0 Å². The SMILES string of the molecule is CCCNC(=O)CN=C(NCC)NCC(CC)CC. The van der Waals surface area contributed by atoms with E-state index < -0.39 is 0 Å². The first kappa shape index (κ1) is 17.7.